The summed E-state index contributed by atoms with van der Waals surface area (Å²) in [5.74, 6) is 0. The van der Waals surface area contributed by atoms with Gasteiger partial charge < -0.3 is 0 Å². The third-order valence-corrected chi connectivity index (χ3v) is 3.28. The van der Waals surface area contributed by atoms with Crippen LogP contribution in [-0.2, 0) is 9.84 Å². The first kappa shape index (κ1) is 10.3. The van der Waals surface area contributed by atoms with Gasteiger partial charge in [0.2, 0.25) is 9.84 Å². The molecule has 0 bridgehead atoms. The summed E-state index contributed by atoms with van der Waals surface area (Å²) in [7, 11) is -3.34. The van der Waals surface area contributed by atoms with E-state index < -0.39 is 9.84 Å². The average Bonchev–Trinajstić information content (AvgIpc) is 2.05. The fourth-order valence-corrected chi connectivity index (χ4v) is 2.09. The van der Waals surface area contributed by atoms with Crippen molar-refractivity contribution < 1.29 is 8.42 Å². The number of hydrogen-bond acceptors (Lipinski definition) is 2. The van der Waals surface area contributed by atoms with Crippen LogP contribution in [0.4, 0.5) is 0 Å². The van der Waals surface area contributed by atoms with Gasteiger partial charge in [-0.3, -0.25) is 0 Å². The van der Waals surface area contributed by atoms with Crippen molar-refractivity contribution in [2.45, 2.75) is 11.8 Å². The molecule has 13 heavy (non-hydrogen) atoms. The van der Waals surface area contributed by atoms with E-state index in [-0.39, 0.29) is 4.90 Å². The minimum absolute atomic E-state index is 0.259. The number of hydrogen-bond donors (Lipinski definition) is 0. The molecule has 1 aromatic carbocycles. The molecular weight excluding hydrogens is 208 g/mol. The van der Waals surface area contributed by atoms with Crippen molar-refractivity contribution in [1.82, 2.24) is 0 Å². The van der Waals surface area contributed by atoms with Gasteiger partial charge >= 0.3 is 0 Å². The normalized spacial score (nSPS) is 12.2. The highest BCUT2D eigenvalue weighted by molar-refractivity contribution is 7.94. The molecule has 0 spiro atoms. The Morgan fingerprint density at radius 2 is 1.77 bits per heavy atom. The van der Waals surface area contributed by atoms with E-state index in [0.717, 1.165) is 16.5 Å². The van der Waals surface area contributed by atoms with E-state index >= 15 is 0 Å². The molecule has 1 rings (SSSR count). The highest BCUT2D eigenvalue weighted by Crippen LogP contribution is 2.13. The summed E-state index contributed by atoms with van der Waals surface area (Å²) in [6, 6.07) is 6.60. The van der Waals surface area contributed by atoms with Crippen molar-refractivity contribution in [3.63, 3.8) is 0 Å². The van der Waals surface area contributed by atoms with Crippen LogP contribution < -0.4 is 0 Å². The second-order valence-electron chi connectivity index (χ2n) is 2.62. The molecule has 0 unspecified atom stereocenters. The number of halogens is 1. The van der Waals surface area contributed by atoms with Crippen molar-refractivity contribution in [3.05, 3.63) is 40.8 Å². The van der Waals surface area contributed by atoms with Crippen molar-refractivity contribution in [3.8, 4) is 0 Å². The van der Waals surface area contributed by atoms with Gasteiger partial charge in [-0.25, -0.2) is 8.42 Å². The van der Waals surface area contributed by atoms with Gasteiger partial charge in [0.1, 0.15) is 0 Å². The van der Waals surface area contributed by atoms with Crippen LogP contribution in [0.5, 0.6) is 0 Å². The van der Waals surface area contributed by atoms with Gasteiger partial charge in [0.15, 0.2) is 0 Å². The third kappa shape index (κ3) is 2.57. The highest BCUT2D eigenvalue weighted by Gasteiger charge is 2.08. The highest BCUT2D eigenvalue weighted by atomic mass is 35.5. The van der Waals surface area contributed by atoms with E-state index in [1.807, 2.05) is 6.92 Å². The first-order chi connectivity index (χ1) is 6.06. The average molecular weight is 217 g/mol. The van der Waals surface area contributed by atoms with Gasteiger partial charge in [-0.1, -0.05) is 29.3 Å². The lowest BCUT2D eigenvalue weighted by atomic mass is 10.2. The van der Waals surface area contributed by atoms with Crippen molar-refractivity contribution >= 4 is 21.4 Å². The van der Waals surface area contributed by atoms with E-state index in [1.54, 1.807) is 24.3 Å². The molecule has 0 heterocycles. The van der Waals surface area contributed by atoms with Crippen LogP contribution in [0.1, 0.15) is 5.56 Å². The van der Waals surface area contributed by atoms with Crippen LogP contribution in [0.15, 0.2) is 40.1 Å². The van der Waals surface area contributed by atoms with Crippen LogP contribution in [0, 0.1) is 6.92 Å². The lowest BCUT2D eigenvalue weighted by Crippen LogP contribution is -1.95. The summed E-state index contributed by atoms with van der Waals surface area (Å²) < 4.78 is 22.7. The molecular formula is C9H9ClO2S. The Morgan fingerprint density at radius 1 is 1.23 bits per heavy atom. The van der Waals surface area contributed by atoms with Crippen LogP contribution in [0.3, 0.4) is 0 Å². The summed E-state index contributed by atoms with van der Waals surface area (Å²) in [5, 5.41) is 0.971. The number of benzene rings is 1. The van der Waals surface area contributed by atoms with Crippen LogP contribution >= 0.6 is 11.6 Å². The number of aryl methyl sites for hydroxylation is 1. The molecule has 0 aromatic heterocycles. The Morgan fingerprint density at radius 3 is 2.23 bits per heavy atom. The zero-order valence-electron chi connectivity index (χ0n) is 7.07. The maximum absolute atomic E-state index is 11.4. The molecule has 0 aliphatic carbocycles. The summed E-state index contributed by atoms with van der Waals surface area (Å²) in [4.78, 5) is 0.259. The fourth-order valence-electron chi connectivity index (χ4n) is 0.874. The molecule has 0 atom stereocenters. The molecule has 2 nitrogen and oxygen atoms in total. The molecule has 0 aliphatic rings. The number of sulfone groups is 1. The first-order valence-electron chi connectivity index (χ1n) is 3.65. The van der Waals surface area contributed by atoms with Crippen molar-refractivity contribution in [2.24, 2.45) is 0 Å². The van der Waals surface area contributed by atoms with Crippen LogP contribution in [0.25, 0.3) is 0 Å². The van der Waals surface area contributed by atoms with Gasteiger partial charge in [-0.05, 0) is 19.1 Å². The van der Waals surface area contributed by atoms with Gasteiger partial charge in [0.25, 0.3) is 0 Å². The predicted molar refractivity (Wildman–Crippen MR) is 53.4 cm³/mol. The first-order valence-corrected chi connectivity index (χ1v) is 5.63. The topological polar surface area (TPSA) is 34.1 Å². The maximum Gasteiger partial charge on any atom is 0.200 e. The summed E-state index contributed by atoms with van der Waals surface area (Å²) in [6.45, 7) is 1.90. The second kappa shape index (κ2) is 3.94. The van der Waals surface area contributed by atoms with Gasteiger partial charge in [-0.2, -0.15) is 0 Å². The zero-order chi connectivity index (χ0) is 9.90. The molecule has 0 saturated heterocycles. The fraction of sp³-hybridized carbons (Fsp3) is 0.111. The predicted octanol–water partition coefficient (Wildman–Crippen LogP) is 2.48. The SMILES string of the molecule is Cc1ccc(S(=O)(=O)/C=C\Cl)cc1. The second-order valence-corrected chi connectivity index (χ2v) is 4.71. The van der Waals surface area contributed by atoms with Crippen LogP contribution in [-0.4, -0.2) is 8.42 Å². The summed E-state index contributed by atoms with van der Waals surface area (Å²) >= 11 is 5.21. The Labute approximate surface area is 82.8 Å². The molecule has 70 valence electrons. The van der Waals surface area contributed by atoms with E-state index in [0.29, 0.717) is 0 Å². The zero-order valence-corrected chi connectivity index (χ0v) is 8.64. The lowest BCUT2D eigenvalue weighted by Gasteiger charge is -1.98. The standard InChI is InChI=1S/C9H9ClO2S/c1-8-2-4-9(5-3-8)13(11,12)7-6-10/h2-7H,1H3/b7-6-. The molecule has 0 fully saturated rings. The van der Waals surface area contributed by atoms with Crippen molar-refractivity contribution in [1.29, 1.82) is 0 Å². The van der Waals surface area contributed by atoms with E-state index in [4.69, 9.17) is 11.6 Å². The largest absolute Gasteiger partial charge is 0.219 e. The molecule has 0 N–H and O–H groups in total. The van der Waals surface area contributed by atoms with E-state index in [2.05, 4.69) is 0 Å². The van der Waals surface area contributed by atoms with Gasteiger partial charge in [-0.15, -0.1) is 0 Å². The Hall–Kier alpha value is -0.800. The van der Waals surface area contributed by atoms with Crippen molar-refractivity contribution in [2.75, 3.05) is 0 Å². The lowest BCUT2D eigenvalue weighted by molar-refractivity contribution is 0.604. The van der Waals surface area contributed by atoms with Gasteiger partial charge in [0, 0.05) is 10.9 Å². The van der Waals surface area contributed by atoms with E-state index in [1.165, 1.54) is 0 Å². The molecule has 0 aliphatic heterocycles. The monoisotopic (exact) mass is 216 g/mol. The quantitative estimate of drug-likeness (QED) is 0.761. The Balaban J connectivity index is 3.17. The number of rotatable bonds is 2. The molecule has 0 radical (unpaired) electrons. The molecule has 0 amide bonds. The van der Waals surface area contributed by atoms with Crippen LogP contribution in [0.2, 0.25) is 0 Å². The Bertz CT molecular complexity index is 404. The summed E-state index contributed by atoms with van der Waals surface area (Å²) in [6.07, 6.45) is 0. The summed E-state index contributed by atoms with van der Waals surface area (Å²) in [5.41, 5.74) is 2.02. The molecule has 1 aromatic rings. The minimum Gasteiger partial charge on any atom is -0.219 e. The molecule has 0 saturated carbocycles. The Kier molecular flexibility index (Phi) is 3.12. The molecule has 4 heteroatoms. The van der Waals surface area contributed by atoms with Gasteiger partial charge in [0.05, 0.1) is 4.90 Å². The smallest absolute Gasteiger partial charge is 0.200 e. The maximum atomic E-state index is 11.4. The minimum atomic E-state index is -3.34. The van der Waals surface area contributed by atoms with E-state index in [9.17, 15) is 8.42 Å². The third-order valence-electron chi connectivity index (χ3n) is 1.58.